The van der Waals surface area contributed by atoms with Gasteiger partial charge < -0.3 is 14.8 Å². The van der Waals surface area contributed by atoms with Gasteiger partial charge >= 0.3 is 0 Å². The minimum absolute atomic E-state index is 0.0244. The normalized spacial score (nSPS) is 17.4. The smallest absolute Gasteiger partial charge is 0.224 e. The fourth-order valence-corrected chi connectivity index (χ4v) is 4.70. The minimum Gasteiger partial charge on any atom is -0.354 e. The van der Waals surface area contributed by atoms with Crippen molar-refractivity contribution in [1.82, 2.24) is 19.9 Å². The predicted octanol–water partition coefficient (Wildman–Crippen LogP) is 3.14. The fourth-order valence-electron chi connectivity index (χ4n) is 3.60. The number of nitrogens with one attached hydrogen (secondary N) is 1. The van der Waals surface area contributed by atoms with E-state index < -0.39 is 0 Å². The number of piperidine rings is 1. The Morgan fingerprint density at radius 2 is 2.26 bits per heavy atom. The summed E-state index contributed by atoms with van der Waals surface area (Å²) in [5.41, 5.74) is 2.30. The first kappa shape index (κ1) is 18.0. The van der Waals surface area contributed by atoms with Gasteiger partial charge in [0.1, 0.15) is 5.82 Å². The van der Waals surface area contributed by atoms with Gasteiger partial charge in [-0.3, -0.25) is 4.79 Å². The topological polar surface area (TPSA) is 63.1 Å². The zero-order chi connectivity index (χ0) is 18.8. The van der Waals surface area contributed by atoms with E-state index in [-0.39, 0.29) is 11.8 Å². The average molecular weight is 384 g/mol. The highest BCUT2D eigenvalue weighted by atomic mass is 32.1. The number of hydrogen-bond donors (Lipinski definition) is 1. The molecule has 6 nitrogen and oxygen atoms in total. The van der Waals surface area contributed by atoms with Gasteiger partial charge in [-0.25, -0.2) is 9.97 Å². The van der Waals surface area contributed by atoms with Crippen LogP contribution in [0, 0.1) is 19.8 Å². The Morgan fingerprint density at radius 1 is 1.37 bits per heavy atom. The lowest BCUT2D eigenvalue weighted by molar-refractivity contribution is -0.125. The molecule has 0 saturated carbocycles. The second kappa shape index (κ2) is 7.68. The van der Waals surface area contributed by atoms with E-state index in [2.05, 4.69) is 44.9 Å². The number of aromatic nitrogens is 3. The zero-order valence-electron chi connectivity index (χ0n) is 15.8. The number of benzene rings is 1. The molecule has 1 N–H and O–H groups in total. The molecule has 3 aromatic rings. The van der Waals surface area contributed by atoms with Crippen LogP contribution in [0.2, 0.25) is 0 Å². The zero-order valence-corrected chi connectivity index (χ0v) is 16.6. The molecule has 2 aromatic heterocycles. The highest BCUT2D eigenvalue weighted by Crippen LogP contribution is 2.32. The molecule has 142 valence electrons. The number of aryl methyl sites for hydroxylation is 2. The van der Waals surface area contributed by atoms with Crippen molar-refractivity contribution in [3.8, 4) is 0 Å². The number of hydrogen-bond acceptors (Lipinski definition) is 5. The summed E-state index contributed by atoms with van der Waals surface area (Å²) in [5, 5.41) is 4.12. The summed E-state index contributed by atoms with van der Waals surface area (Å²) < 4.78 is 3.27. The molecular weight excluding hydrogens is 358 g/mol. The van der Waals surface area contributed by atoms with Crippen molar-refractivity contribution in [3.05, 3.63) is 42.0 Å². The van der Waals surface area contributed by atoms with E-state index in [1.807, 2.05) is 13.1 Å². The largest absolute Gasteiger partial charge is 0.354 e. The predicted molar refractivity (Wildman–Crippen MR) is 109 cm³/mol. The Kier molecular flexibility index (Phi) is 5.11. The van der Waals surface area contributed by atoms with E-state index in [4.69, 9.17) is 4.98 Å². The van der Waals surface area contributed by atoms with Crippen molar-refractivity contribution < 1.29 is 4.79 Å². The molecule has 27 heavy (non-hydrogen) atoms. The number of imidazole rings is 1. The summed E-state index contributed by atoms with van der Waals surface area (Å²) in [6.45, 7) is 7.18. The van der Waals surface area contributed by atoms with Gasteiger partial charge in [-0.05, 0) is 44.4 Å². The summed E-state index contributed by atoms with van der Waals surface area (Å²) in [6.07, 6.45) is 5.69. The summed E-state index contributed by atoms with van der Waals surface area (Å²) in [4.78, 5) is 23.9. The lowest BCUT2D eigenvalue weighted by Gasteiger charge is -2.31. The van der Waals surface area contributed by atoms with E-state index in [0.29, 0.717) is 6.54 Å². The molecular formula is C20H25N5OS. The van der Waals surface area contributed by atoms with Crippen LogP contribution in [0.15, 0.2) is 30.6 Å². The lowest BCUT2D eigenvalue weighted by Crippen LogP contribution is -2.43. The van der Waals surface area contributed by atoms with Crippen molar-refractivity contribution in [2.45, 2.75) is 33.2 Å². The van der Waals surface area contributed by atoms with Crippen LogP contribution in [-0.2, 0) is 11.3 Å². The average Bonchev–Trinajstić information content (AvgIpc) is 3.27. The van der Waals surface area contributed by atoms with Crippen LogP contribution < -0.4 is 10.2 Å². The van der Waals surface area contributed by atoms with E-state index in [1.165, 1.54) is 10.3 Å². The van der Waals surface area contributed by atoms with Crippen LogP contribution in [0.5, 0.6) is 0 Å². The van der Waals surface area contributed by atoms with E-state index in [9.17, 15) is 4.79 Å². The maximum absolute atomic E-state index is 12.6. The number of nitrogens with zero attached hydrogens (tertiary/aromatic N) is 4. The molecule has 1 fully saturated rings. The maximum Gasteiger partial charge on any atom is 0.224 e. The van der Waals surface area contributed by atoms with Crippen LogP contribution in [0.25, 0.3) is 10.2 Å². The number of carbonyl (C=O) groups excluding carboxylic acids is 1. The summed E-state index contributed by atoms with van der Waals surface area (Å²) in [7, 11) is 0. The molecule has 1 aromatic carbocycles. The van der Waals surface area contributed by atoms with Crippen molar-refractivity contribution >= 4 is 32.6 Å². The van der Waals surface area contributed by atoms with E-state index in [1.54, 1.807) is 17.5 Å². The van der Waals surface area contributed by atoms with Gasteiger partial charge in [0.2, 0.25) is 5.91 Å². The number of amides is 1. The number of thiazole rings is 1. The van der Waals surface area contributed by atoms with Crippen molar-refractivity contribution in [2.24, 2.45) is 5.92 Å². The highest BCUT2D eigenvalue weighted by molar-refractivity contribution is 7.22. The Labute approximate surface area is 163 Å². The molecule has 7 heteroatoms. The van der Waals surface area contributed by atoms with Gasteiger partial charge in [0.05, 0.1) is 16.1 Å². The molecule has 3 heterocycles. The van der Waals surface area contributed by atoms with Crippen LogP contribution in [0.3, 0.4) is 0 Å². The van der Waals surface area contributed by atoms with Gasteiger partial charge in [0, 0.05) is 38.6 Å². The standard InChI is InChI=1S/C20H25N5OS/c1-14-5-6-17-18(12-14)27-20(23-17)25-9-3-4-16(13-25)19(26)22-8-11-24-10-7-21-15(24)2/h5-7,10,12,16H,3-4,8-9,11,13H2,1-2H3,(H,22,26). The van der Waals surface area contributed by atoms with E-state index >= 15 is 0 Å². The number of carbonyl (C=O) groups is 1. The van der Waals surface area contributed by atoms with E-state index in [0.717, 1.165) is 48.9 Å². The lowest BCUT2D eigenvalue weighted by atomic mass is 9.97. The molecule has 0 aliphatic carbocycles. The molecule has 0 radical (unpaired) electrons. The maximum atomic E-state index is 12.6. The van der Waals surface area contributed by atoms with Crippen LogP contribution in [0.4, 0.5) is 5.13 Å². The van der Waals surface area contributed by atoms with Gasteiger partial charge in [0.15, 0.2) is 5.13 Å². The number of anilines is 1. The Bertz CT molecular complexity index is 947. The monoisotopic (exact) mass is 383 g/mol. The van der Waals surface area contributed by atoms with Crippen molar-refractivity contribution in [2.75, 3.05) is 24.5 Å². The molecule has 1 unspecified atom stereocenters. The molecule has 4 rings (SSSR count). The summed E-state index contributed by atoms with van der Waals surface area (Å²) >= 11 is 1.72. The summed E-state index contributed by atoms with van der Waals surface area (Å²) in [6, 6.07) is 6.36. The number of rotatable bonds is 5. The SMILES string of the molecule is Cc1ccc2nc(N3CCCC(C(=O)NCCn4ccnc4C)C3)sc2c1. The number of fused-ring (bicyclic) bond motifs is 1. The second-order valence-corrected chi connectivity index (χ2v) is 8.22. The third-order valence-electron chi connectivity index (χ3n) is 5.17. The van der Waals surface area contributed by atoms with Crippen LogP contribution in [0.1, 0.15) is 24.2 Å². The first-order chi connectivity index (χ1) is 13.1. The van der Waals surface area contributed by atoms with Gasteiger partial charge in [-0.2, -0.15) is 0 Å². The second-order valence-electron chi connectivity index (χ2n) is 7.21. The summed E-state index contributed by atoms with van der Waals surface area (Å²) in [5.74, 6) is 1.14. The van der Waals surface area contributed by atoms with Crippen LogP contribution >= 0.6 is 11.3 Å². The molecule has 1 aliphatic heterocycles. The highest BCUT2D eigenvalue weighted by Gasteiger charge is 2.27. The Balaban J connectivity index is 1.36. The van der Waals surface area contributed by atoms with Gasteiger partial charge in [0.25, 0.3) is 0 Å². The minimum atomic E-state index is 0.0244. The molecule has 1 atom stereocenters. The molecule has 1 saturated heterocycles. The Hall–Kier alpha value is -2.41. The molecule has 0 spiro atoms. The Morgan fingerprint density at radius 3 is 3.07 bits per heavy atom. The van der Waals surface area contributed by atoms with Crippen molar-refractivity contribution in [3.63, 3.8) is 0 Å². The fraction of sp³-hybridized carbons (Fsp3) is 0.450. The van der Waals surface area contributed by atoms with Gasteiger partial charge in [-0.1, -0.05) is 17.4 Å². The molecule has 1 amide bonds. The van der Waals surface area contributed by atoms with Gasteiger partial charge in [-0.15, -0.1) is 0 Å². The first-order valence-electron chi connectivity index (χ1n) is 9.48. The molecule has 1 aliphatic rings. The third kappa shape index (κ3) is 3.98. The third-order valence-corrected chi connectivity index (χ3v) is 6.25. The quantitative estimate of drug-likeness (QED) is 0.735. The first-order valence-corrected chi connectivity index (χ1v) is 10.3. The molecule has 0 bridgehead atoms. The van der Waals surface area contributed by atoms with Crippen molar-refractivity contribution in [1.29, 1.82) is 0 Å². The van der Waals surface area contributed by atoms with Crippen LogP contribution in [-0.4, -0.2) is 40.1 Å².